The van der Waals surface area contributed by atoms with E-state index in [1.807, 2.05) is 0 Å². The third kappa shape index (κ3) is 13.2. The molecule has 0 aliphatic carbocycles. The first kappa shape index (κ1) is 46.5. The van der Waals surface area contributed by atoms with Crippen molar-refractivity contribution >= 4 is 49.7 Å². The Bertz CT molecular complexity index is 686. The molecule has 0 saturated carbocycles. The Labute approximate surface area is 254 Å². The fourth-order valence-electron chi connectivity index (χ4n) is 2.82. The molecular weight excluding hydrogens is 592 g/mol. The van der Waals surface area contributed by atoms with E-state index in [0.29, 0.717) is 0 Å². The molecule has 13 atom stereocenters. The van der Waals surface area contributed by atoms with Gasteiger partial charge < -0.3 is 107 Å². The first-order valence-corrected chi connectivity index (χ1v) is 10.4. The third-order valence-electron chi connectivity index (χ3n) is 5.10. The predicted molar refractivity (Wildman–Crippen MR) is 118 cm³/mol. The maximum Gasteiger partial charge on any atom is 2.00 e. The summed E-state index contributed by atoms with van der Waals surface area (Å²) in [6.45, 7) is -2.65. The Hall–Kier alpha value is -0.480. The normalized spacial score (nSPS) is 28.2. The minimum atomic E-state index is -2.50. The Morgan fingerprint density at radius 3 is 1.50 bits per heavy atom. The summed E-state index contributed by atoms with van der Waals surface area (Å²) in [6.07, 6.45) is -25.3. The zero-order chi connectivity index (χ0) is 29.2. The second kappa shape index (κ2) is 22.1. The number of ether oxygens (including phenoxy) is 2. The summed E-state index contributed by atoms with van der Waals surface area (Å²) in [5.74, 6) is -4.06. The number of carbonyl (C=O) groups is 2. The molecule has 0 aromatic heterocycles. The summed E-state index contributed by atoms with van der Waals surface area (Å²) >= 11 is 0. The molecule has 0 spiro atoms. The van der Waals surface area contributed by atoms with Crippen molar-refractivity contribution in [1.29, 1.82) is 0 Å². The van der Waals surface area contributed by atoms with Crippen molar-refractivity contribution in [3.8, 4) is 0 Å². The summed E-state index contributed by atoms with van der Waals surface area (Å²) in [5, 5.41) is 140. The standard InChI is InChI=1S/C12H22O12.C6H12O7.Ca.2H2O/c13-1-3(15)10(7(18)8(19)11(21)22)24-12-9(20)6(17)5(16)4(2-14)23-12;7-1-2(8)3(9)4(10)5(11)6(12)13;;;/h3-10,12-20H,1-2H2,(H,21,22);2-5,7-11H,1H2,(H,12,13);;2*1H2/q;;+2;;/p-2/t3-,4-,5+,6+,7-,8-,9-,10-,12+;2-,3-,4+,5-;;;/m11.../s1. The number of carbonyl (C=O) groups excluding carboxylic acids is 2. The number of hydrogen-bond donors (Lipinski definition) is 13. The fraction of sp³-hybridized carbons (Fsp3) is 0.889. The van der Waals surface area contributed by atoms with Gasteiger partial charge in [-0.15, -0.1) is 0 Å². The first-order valence-electron chi connectivity index (χ1n) is 10.4. The second-order valence-electron chi connectivity index (χ2n) is 7.80. The van der Waals surface area contributed by atoms with Gasteiger partial charge in [-0.25, -0.2) is 0 Å². The molecule has 0 aromatic rings. The topological polar surface area (TPSA) is 425 Å². The molecular formula is C18H36CaO21. The molecule has 21 nitrogen and oxygen atoms in total. The molecule has 17 N–H and O–H groups in total. The van der Waals surface area contributed by atoms with Gasteiger partial charge in [0.25, 0.3) is 0 Å². The molecule has 22 heteroatoms. The van der Waals surface area contributed by atoms with E-state index in [9.17, 15) is 50.4 Å². The van der Waals surface area contributed by atoms with E-state index >= 15 is 0 Å². The van der Waals surface area contributed by atoms with Gasteiger partial charge in [-0.3, -0.25) is 0 Å². The van der Waals surface area contributed by atoms with Gasteiger partial charge in [-0.2, -0.15) is 0 Å². The van der Waals surface area contributed by atoms with Crippen molar-refractivity contribution in [1.82, 2.24) is 0 Å². The number of aliphatic carboxylic acids is 2. The van der Waals surface area contributed by atoms with E-state index in [0.717, 1.165) is 0 Å². The van der Waals surface area contributed by atoms with E-state index in [2.05, 4.69) is 0 Å². The number of carboxylic acids is 2. The van der Waals surface area contributed by atoms with Crippen LogP contribution in [0.4, 0.5) is 0 Å². The molecule has 1 saturated heterocycles. The number of aliphatic hydroxyl groups excluding tert-OH is 13. The van der Waals surface area contributed by atoms with Crippen LogP contribution >= 0.6 is 0 Å². The number of carboxylic acid groups (broad SMARTS) is 2. The smallest absolute Gasteiger partial charge is 0.547 e. The van der Waals surface area contributed by atoms with E-state index in [1.54, 1.807) is 0 Å². The van der Waals surface area contributed by atoms with E-state index in [1.165, 1.54) is 0 Å². The first-order chi connectivity index (χ1) is 17.1. The summed E-state index contributed by atoms with van der Waals surface area (Å²) in [4.78, 5) is 20.6. The molecule has 0 amide bonds. The summed E-state index contributed by atoms with van der Waals surface area (Å²) < 4.78 is 9.94. The van der Waals surface area contributed by atoms with Crippen molar-refractivity contribution in [3.63, 3.8) is 0 Å². The maximum absolute atomic E-state index is 10.6. The quantitative estimate of drug-likeness (QED) is 0.0841. The van der Waals surface area contributed by atoms with E-state index in [-0.39, 0.29) is 48.7 Å². The van der Waals surface area contributed by atoms with Crippen molar-refractivity contribution in [3.05, 3.63) is 0 Å². The van der Waals surface area contributed by atoms with Crippen LogP contribution in [0.2, 0.25) is 0 Å². The predicted octanol–water partition coefficient (Wildman–Crippen LogP) is -13.9. The fourth-order valence-corrected chi connectivity index (χ4v) is 2.82. The number of aliphatic hydroxyl groups is 13. The van der Waals surface area contributed by atoms with Crippen molar-refractivity contribution in [2.24, 2.45) is 0 Å². The van der Waals surface area contributed by atoms with Gasteiger partial charge in [0.15, 0.2) is 6.29 Å². The molecule has 236 valence electrons. The minimum Gasteiger partial charge on any atom is -0.547 e. The molecule has 0 bridgehead atoms. The Morgan fingerprint density at radius 2 is 1.12 bits per heavy atom. The van der Waals surface area contributed by atoms with Crippen molar-refractivity contribution in [2.75, 3.05) is 19.8 Å². The molecule has 0 radical (unpaired) electrons. The van der Waals surface area contributed by atoms with Crippen molar-refractivity contribution in [2.45, 2.75) is 79.5 Å². The zero-order valence-electron chi connectivity index (χ0n) is 20.6. The average molecular weight is 629 g/mol. The van der Waals surface area contributed by atoms with Gasteiger partial charge in [0.05, 0.1) is 31.8 Å². The van der Waals surface area contributed by atoms with Crippen LogP contribution in [0, 0.1) is 0 Å². The average Bonchev–Trinajstić information content (AvgIpc) is 2.88. The van der Waals surface area contributed by atoms with Crippen LogP contribution in [-0.2, 0) is 19.1 Å². The van der Waals surface area contributed by atoms with E-state index in [4.69, 9.17) is 45.2 Å². The van der Waals surface area contributed by atoms with Gasteiger partial charge in [0, 0.05) is 0 Å². The maximum atomic E-state index is 10.6. The van der Waals surface area contributed by atoms with Crippen LogP contribution in [0.1, 0.15) is 0 Å². The van der Waals surface area contributed by atoms with Gasteiger partial charge >= 0.3 is 37.7 Å². The molecule has 1 rings (SSSR count). The third-order valence-corrected chi connectivity index (χ3v) is 5.10. The Kier molecular flexibility index (Phi) is 25.7. The van der Waals surface area contributed by atoms with Gasteiger partial charge in [0.1, 0.15) is 73.2 Å². The molecule has 40 heavy (non-hydrogen) atoms. The van der Waals surface area contributed by atoms with Gasteiger partial charge in [0.2, 0.25) is 0 Å². The van der Waals surface area contributed by atoms with Crippen LogP contribution in [0.25, 0.3) is 0 Å². The number of hydrogen-bond acceptors (Lipinski definition) is 19. The molecule has 0 unspecified atom stereocenters. The van der Waals surface area contributed by atoms with Gasteiger partial charge in [-0.05, 0) is 0 Å². The Morgan fingerprint density at radius 1 is 0.700 bits per heavy atom. The SMILES string of the molecule is O.O.O=C([O-])[C@H](O)[C@@H](O)[C@H](O)[C@H](O)CO.O=C([O-])[C@H](O)[C@@H](O)[C@H](O[C@@H]1O[C@H](CO)[C@H](O)[C@H](O)[C@H]1O)[C@H](O)CO.[Ca+2]. The number of rotatable bonds is 13. The molecule has 1 fully saturated rings. The van der Waals surface area contributed by atoms with Crippen LogP contribution < -0.4 is 10.2 Å². The van der Waals surface area contributed by atoms with Gasteiger partial charge in [-0.1, -0.05) is 0 Å². The van der Waals surface area contributed by atoms with Crippen molar-refractivity contribution < 1.29 is 107 Å². The zero-order valence-corrected chi connectivity index (χ0v) is 22.8. The van der Waals surface area contributed by atoms with Crippen LogP contribution in [0.3, 0.4) is 0 Å². The minimum absolute atomic E-state index is 0. The van der Waals surface area contributed by atoms with Crippen LogP contribution in [-0.4, -0.2) is 226 Å². The molecule has 1 heterocycles. The summed E-state index contributed by atoms with van der Waals surface area (Å²) in [5.41, 5.74) is 0. The largest absolute Gasteiger partial charge is 2.00 e. The van der Waals surface area contributed by atoms with Crippen LogP contribution in [0.15, 0.2) is 0 Å². The summed E-state index contributed by atoms with van der Waals surface area (Å²) in [6, 6.07) is 0. The Balaban J connectivity index is -0.000000350. The monoisotopic (exact) mass is 628 g/mol. The molecule has 0 aromatic carbocycles. The van der Waals surface area contributed by atoms with Crippen LogP contribution in [0.5, 0.6) is 0 Å². The molecule has 1 aliphatic rings. The second-order valence-corrected chi connectivity index (χ2v) is 7.80. The summed E-state index contributed by atoms with van der Waals surface area (Å²) in [7, 11) is 0. The van der Waals surface area contributed by atoms with E-state index < -0.39 is 111 Å². The molecule has 1 aliphatic heterocycles.